The van der Waals surface area contributed by atoms with Crippen molar-refractivity contribution in [3.8, 4) is 11.4 Å². The van der Waals surface area contributed by atoms with Crippen molar-refractivity contribution in [2.75, 3.05) is 126 Å². The minimum Gasteiger partial charge on any atom is -0.460 e. The second kappa shape index (κ2) is 29.8. The molecule has 354 valence electrons. The van der Waals surface area contributed by atoms with Crippen molar-refractivity contribution in [3.63, 3.8) is 0 Å². The van der Waals surface area contributed by atoms with E-state index in [0.717, 1.165) is 56.9 Å². The number of ether oxygens (including phenoxy) is 10. The normalized spacial score (nSPS) is 15.1. The van der Waals surface area contributed by atoms with E-state index in [-0.39, 0.29) is 24.5 Å². The molecule has 0 aliphatic heterocycles. The Balaban J connectivity index is 0.916. The topological polar surface area (TPSA) is 171 Å². The fourth-order valence-electron chi connectivity index (χ4n) is 8.02. The fraction of sp³-hybridized carbons (Fsp3) is 0.739. The molecule has 0 bridgehead atoms. The van der Waals surface area contributed by atoms with Crippen LogP contribution in [0.25, 0.3) is 22.6 Å². The predicted molar refractivity (Wildman–Crippen MR) is 237 cm³/mol. The first kappa shape index (κ1) is 50.5. The summed E-state index contributed by atoms with van der Waals surface area (Å²) in [5.74, 6) is 0.812. The maximum absolute atomic E-state index is 14.0. The van der Waals surface area contributed by atoms with Gasteiger partial charge in [-0.2, -0.15) is 0 Å². The number of hydrogen-bond donors (Lipinski definition) is 0. The highest BCUT2D eigenvalue weighted by Crippen LogP contribution is 2.28. The number of hydrogen-bond acceptors (Lipinski definition) is 14. The largest absolute Gasteiger partial charge is 0.460 e. The summed E-state index contributed by atoms with van der Waals surface area (Å²) in [5.41, 5.74) is 1.46. The molecule has 17 heteroatoms. The zero-order valence-corrected chi connectivity index (χ0v) is 37.8. The first-order valence-electron chi connectivity index (χ1n) is 23.1. The SMILES string of the molecule is COCCOCCOCCOCCOCCOCCOCCOCCOCCOC(=O)c1ccc(-c2nc3c(c(=O)n(CC4CCCCC4)c(=O)n3CC3CCCCC3)n2C)cc1. The predicted octanol–water partition coefficient (Wildman–Crippen LogP) is 4.66. The Morgan fingerprint density at radius 3 is 1.38 bits per heavy atom. The van der Waals surface area contributed by atoms with Gasteiger partial charge in [0.25, 0.3) is 5.56 Å². The van der Waals surface area contributed by atoms with E-state index in [1.165, 1.54) is 17.4 Å². The van der Waals surface area contributed by atoms with E-state index in [2.05, 4.69) is 0 Å². The van der Waals surface area contributed by atoms with Gasteiger partial charge in [0.1, 0.15) is 12.4 Å². The third-order valence-electron chi connectivity index (χ3n) is 11.4. The molecular weight excluding hydrogens is 817 g/mol. The third-order valence-corrected chi connectivity index (χ3v) is 11.4. The van der Waals surface area contributed by atoms with Crippen molar-refractivity contribution < 1.29 is 52.2 Å². The summed E-state index contributed by atoms with van der Waals surface area (Å²) >= 11 is 0. The Bertz CT molecular complexity index is 1830. The summed E-state index contributed by atoms with van der Waals surface area (Å²) in [4.78, 5) is 45.8. The zero-order chi connectivity index (χ0) is 44.3. The molecule has 0 unspecified atom stereocenters. The van der Waals surface area contributed by atoms with Gasteiger partial charge in [0.05, 0.1) is 118 Å². The molecule has 2 aliphatic carbocycles. The molecule has 63 heavy (non-hydrogen) atoms. The van der Waals surface area contributed by atoms with Crippen LogP contribution in [0, 0.1) is 11.8 Å². The van der Waals surface area contributed by atoms with E-state index >= 15 is 0 Å². The van der Waals surface area contributed by atoms with Gasteiger partial charge in [-0.25, -0.2) is 14.6 Å². The van der Waals surface area contributed by atoms with Crippen molar-refractivity contribution in [2.24, 2.45) is 18.9 Å². The highest BCUT2D eigenvalue weighted by atomic mass is 16.6. The van der Waals surface area contributed by atoms with Crippen molar-refractivity contribution in [1.82, 2.24) is 18.7 Å². The molecule has 2 heterocycles. The van der Waals surface area contributed by atoms with Crippen LogP contribution in [0.4, 0.5) is 0 Å². The molecule has 0 N–H and O–H groups in total. The van der Waals surface area contributed by atoms with Crippen LogP contribution in [0.2, 0.25) is 0 Å². The number of aryl methyl sites for hydroxylation is 1. The molecule has 0 radical (unpaired) electrons. The highest BCUT2D eigenvalue weighted by Gasteiger charge is 2.25. The van der Waals surface area contributed by atoms with Crippen LogP contribution in [0.1, 0.15) is 74.6 Å². The first-order chi connectivity index (χ1) is 31.0. The van der Waals surface area contributed by atoms with E-state index in [9.17, 15) is 14.4 Å². The first-order valence-corrected chi connectivity index (χ1v) is 23.1. The van der Waals surface area contributed by atoms with E-state index in [1.54, 1.807) is 40.5 Å². The molecular formula is C46H72N4O13. The minimum absolute atomic E-state index is 0.0987. The quantitative estimate of drug-likeness (QED) is 0.0611. The lowest BCUT2D eigenvalue weighted by molar-refractivity contribution is -0.0253. The Kier molecular flexibility index (Phi) is 23.9. The number of carbonyl (C=O) groups excluding carboxylic acids is 1. The molecule has 0 saturated heterocycles. The van der Waals surface area contributed by atoms with Crippen molar-refractivity contribution in [3.05, 3.63) is 50.7 Å². The van der Waals surface area contributed by atoms with Crippen LogP contribution < -0.4 is 11.2 Å². The molecule has 2 aromatic heterocycles. The number of esters is 1. The highest BCUT2D eigenvalue weighted by molar-refractivity contribution is 5.90. The Morgan fingerprint density at radius 1 is 0.556 bits per heavy atom. The van der Waals surface area contributed by atoms with Crippen molar-refractivity contribution in [1.29, 1.82) is 0 Å². The number of fused-ring (bicyclic) bond motifs is 1. The minimum atomic E-state index is -0.466. The number of benzene rings is 1. The number of nitrogens with zero attached hydrogens (tertiary/aromatic N) is 4. The average molecular weight is 889 g/mol. The Hall–Kier alpha value is -3.52. The number of imidazole rings is 1. The van der Waals surface area contributed by atoms with Gasteiger partial charge >= 0.3 is 11.7 Å². The molecule has 2 fully saturated rings. The Morgan fingerprint density at radius 2 is 0.952 bits per heavy atom. The Labute approximate surface area is 371 Å². The summed E-state index contributed by atoms with van der Waals surface area (Å²) in [6.07, 6.45) is 11.3. The maximum atomic E-state index is 14.0. The van der Waals surface area contributed by atoms with Crippen molar-refractivity contribution >= 4 is 17.1 Å². The summed E-state index contributed by atoms with van der Waals surface area (Å²) in [6.45, 7) is 9.09. The molecule has 2 saturated carbocycles. The van der Waals surface area contributed by atoms with Gasteiger partial charge in [0.2, 0.25) is 0 Å². The summed E-state index contributed by atoms with van der Waals surface area (Å²) < 4.78 is 59.2. The maximum Gasteiger partial charge on any atom is 0.338 e. The van der Waals surface area contributed by atoms with Gasteiger partial charge in [0, 0.05) is 32.8 Å². The smallest absolute Gasteiger partial charge is 0.338 e. The van der Waals surface area contributed by atoms with E-state index in [0.29, 0.717) is 153 Å². The van der Waals surface area contributed by atoms with Gasteiger partial charge in [-0.05, 0) is 49.7 Å². The van der Waals surface area contributed by atoms with Crippen LogP contribution in [-0.2, 0) is 67.5 Å². The molecule has 3 aromatic rings. The van der Waals surface area contributed by atoms with Crippen LogP contribution in [0.15, 0.2) is 33.9 Å². The van der Waals surface area contributed by atoms with Gasteiger partial charge in [-0.1, -0.05) is 50.7 Å². The average Bonchev–Trinajstić information content (AvgIpc) is 3.66. The van der Waals surface area contributed by atoms with Gasteiger partial charge in [-0.3, -0.25) is 13.9 Å². The lowest BCUT2D eigenvalue weighted by Gasteiger charge is -2.24. The van der Waals surface area contributed by atoms with E-state index in [1.807, 2.05) is 7.05 Å². The molecule has 1 aromatic carbocycles. The van der Waals surface area contributed by atoms with Crippen molar-refractivity contribution in [2.45, 2.75) is 77.3 Å². The fourth-order valence-corrected chi connectivity index (χ4v) is 8.02. The summed E-state index contributed by atoms with van der Waals surface area (Å²) in [7, 11) is 3.47. The van der Waals surface area contributed by atoms with Crippen LogP contribution in [0.5, 0.6) is 0 Å². The van der Waals surface area contributed by atoms with Crippen LogP contribution in [-0.4, -0.2) is 151 Å². The van der Waals surface area contributed by atoms with Gasteiger partial charge < -0.3 is 51.9 Å². The summed E-state index contributed by atoms with van der Waals surface area (Å²) in [5, 5.41) is 0. The zero-order valence-electron chi connectivity index (χ0n) is 37.8. The molecule has 17 nitrogen and oxygen atoms in total. The summed E-state index contributed by atoms with van der Waals surface area (Å²) in [6, 6.07) is 6.97. The second-order valence-electron chi connectivity index (χ2n) is 16.1. The van der Waals surface area contributed by atoms with Crippen LogP contribution in [0.3, 0.4) is 0 Å². The van der Waals surface area contributed by atoms with E-state index in [4.69, 9.17) is 52.4 Å². The molecule has 5 rings (SSSR count). The van der Waals surface area contributed by atoms with Gasteiger partial charge in [-0.15, -0.1) is 0 Å². The third kappa shape index (κ3) is 17.4. The monoisotopic (exact) mass is 889 g/mol. The standard InChI is InChI=1S/C46H72N4O13/c1-48-41-43(49(35-37-9-5-3-6-10-37)46(53)50(44(41)51)36-38-11-7-4-8-12-38)47-42(48)39-13-15-40(16-14-39)45(52)63-34-33-62-32-31-61-30-29-60-28-27-59-26-25-58-24-23-57-22-21-56-20-19-55-18-17-54-2/h13-16,37-38H,3-12,17-36H2,1-2H3. The second-order valence-corrected chi connectivity index (χ2v) is 16.1. The number of rotatable bonds is 33. The number of carbonyl (C=O) groups is 1. The lowest BCUT2D eigenvalue weighted by atomic mass is 9.89. The molecule has 0 atom stereocenters. The van der Waals surface area contributed by atoms with Crippen LogP contribution >= 0.6 is 0 Å². The lowest BCUT2D eigenvalue weighted by Crippen LogP contribution is -2.43. The van der Waals surface area contributed by atoms with Gasteiger partial charge in [0.15, 0.2) is 11.2 Å². The number of methoxy groups -OCH3 is 1. The molecule has 0 amide bonds. The molecule has 2 aliphatic rings. The molecule has 0 spiro atoms. The van der Waals surface area contributed by atoms with E-state index < -0.39 is 5.97 Å². The number of aromatic nitrogens is 4.